The fraction of sp³-hybridized carbons (Fsp3) is 0.462. The van der Waals surface area contributed by atoms with Crippen LogP contribution in [0.15, 0.2) is 23.1 Å². The van der Waals surface area contributed by atoms with Crippen molar-refractivity contribution in [2.75, 3.05) is 23.7 Å². The molecule has 0 aromatic heterocycles. The fourth-order valence-corrected chi connectivity index (χ4v) is 4.07. The Morgan fingerprint density at radius 3 is 2.60 bits per heavy atom. The van der Waals surface area contributed by atoms with Gasteiger partial charge in [0.25, 0.3) is 0 Å². The molecule has 1 saturated heterocycles. The molecule has 1 fully saturated rings. The van der Waals surface area contributed by atoms with Gasteiger partial charge in [0, 0.05) is 13.1 Å². The lowest BCUT2D eigenvalue weighted by molar-refractivity contribution is -0.116. The molecule has 1 unspecified atom stereocenters. The van der Waals surface area contributed by atoms with Crippen molar-refractivity contribution in [2.45, 2.75) is 30.7 Å². The van der Waals surface area contributed by atoms with Gasteiger partial charge in [0.2, 0.25) is 15.9 Å². The largest absolute Gasteiger partial charge is 0.372 e. The third-order valence-corrected chi connectivity index (χ3v) is 5.61. The molecule has 1 atom stereocenters. The molecule has 0 spiro atoms. The van der Waals surface area contributed by atoms with Gasteiger partial charge in [0.05, 0.1) is 16.3 Å². The van der Waals surface area contributed by atoms with Gasteiger partial charge in [-0.1, -0.05) is 0 Å². The number of anilines is 2. The SMILES string of the molecule is CC1Nc2cc(S(=O)(=O)N3CCCC3)ccc2NC1=O. The van der Waals surface area contributed by atoms with E-state index in [1.807, 2.05) is 0 Å². The van der Waals surface area contributed by atoms with E-state index in [4.69, 9.17) is 0 Å². The van der Waals surface area contributed by atoms with E-state index >= 15 is 0 Å². The predicted octanol–water partition coefficient (Wildman–Crippen LogP) is 1.22. The number of benzene rings is 1. The maximum absolute atomic E-state index is 12.5. The molecule has 0 saturated carbocycles. The molecule has 20 heavy (non-hydrogen) atoms. The number of hydrogen-bond donors (Lipinski definition) is 2. The normalized spacial score (nSPS) is 23.1. The Morgan fingerprint density at radius 1 is 1.20 bits per heavy atom. The highest BCUT2D eigenvalue weighted by molar-refractivity contribution is 7.89. The Balaban J connectivity index is 1.96. The number of nitrogens with one attached hydrogen (secondary N) is 2. The second-order valence-electron chi connectivity index (χ2n) is 5.17. The van der Waals surface area contributed by atoms with Crippen molar-refractivity contribution in [3.05, 3.63) is 18.2 Å². The molecular weight excluding hydrogens is 278 g/mol. The Morgan fingerprint density at radius 2 is 1.90 bits per heavy atom. The van der Waals surface area contributed by atoms with Crippen molar-refractivity contribution in [2.24, 2.45) is 0 Å². The van der Waals surface area contributed by atoms with Crippen LogP contribution in [0.1, 0.15) is 19.8 Å². The van der Waals surface area contributed by atoms with Gasteiger partial charge in [0.15, 0.2) is 0 Å². The minimum atomic E-state index is -3.42. The first kappa shape index (κ1) is 13.4. The lowest BCUT2D eigenvalue weighted by Crippen LogP contribution is -2.36. The van der Waals surface area contributed by atoms with Crippen LogP contribution >= 0.6 is 0 Å². The van der Waals surface area contributed by atoms with Gasteiger partial charge in [-0.3, -0.25) is 4.79 Å². The van der Waals surface area contributed by atoms with Crippen molar-refractivity contribution in [3.63, 3.8) is 0 Å². The average Bonchev–Trinajstić information content (AvgIpc) is 2.94. The molecule has 2 aliphatic rings. The molecule has 7 heteroatoms. The molecule has 0 radical (unpaired) electrons. The summed E-state index contributed by atoms with van der Waals surface area (Å²) in [6.45, 7) is 2.90. The Kier molecular flexibility index (Phi) is 3.18. The number of rotatable bonds is 2. The summed E-state index contributed by atoms with van der Waals surface area (Å²) in [4.78, 5) is 11.8. The second kappa shape index (κ2) is 4.75. The molecule has 3 rings (SSSR count). The summed E-state index contributed by atoms with van der Waals surface area (Å²) in [5, 5.41) is 5.77. The molecule has 6 nitrogen and oxygen atoms in total. The van der Waals surface area contributed by atoms with Crippen molar-refractivity contribution >= 4 is 27.3 Å². The predicted molar refractivity (Wildman–Crippen MR) is 76.1 cm³/mol. The molecule has 0 bridgehead atoms. The average molecular weight is 295 g/mol. The summed E-state index contributed by atoms with van der Waals surface area (Å²) in [7, 11) is -3.42. The zero-order chi connectivity index (χ0) is 14.3. The van der Waals surface area contributed by atoms with Crippen molar-refractivity contribution in [1.29, 1.82) is 0 Å². The summed E-state index contributed by atoms with van der Waals surface area (Å²) >= 11 is 0. The van der Waals surface area contributed by atoms with E-state index in [-0.39, 0.29) is 16.8 Å². The molecule has 1 aromatic carbocycles. The summed E-state index contributed by atoms with van der Waals surface area (Å²) in [6.07, 6.45) is 1.82. The summed E-state index contributed by atoms with van der Waals surface area (Å²) in [5.74, 6) is -0.118. The third kappa shape index (κ3) is 2.16. The Hall–Kier alpha value is -1.60. The number of hydrogen-bond acceptors (Lipinski definition) is 4. The van der Waals surface area contributed by atoms with Crippen LogP contribution in [0.2, 0.25) is 0 Å². The van der Waals surface area contributed by atoms with Crippen molar-refractivity contribution in [1.82, 2.24) is 4.31 Å². The highest BCUT2D eigenvalue weighted by Crippen LogP contribution is 2.31. The van der Waals surface area contributed by atoms with Crippen LogP contribution in [0.5, 0.6) is 0 Å². The van der Waals surface area contributed by atoms with E-state index in [1.54, 1.807) is 25.1 Å². The van der Waals surface area contributed by atoms with Crippen LogP contribution in [0, 0.1) is 0 Å². The standard InChI is InChI=1S/C13H17N3O3S/c1-9-13(17)15-11-5-4-10(8-12(11)14-9)20(18,19)16-6-2-3-7-16/h4-5,8-9,14H,2-3,6-7H2,1H3,(H,15,17). The maximum atomic E-state index is 12.5. The van der Waals surface area contributed by atoms with E-state index in [1.165, 1.54) is 4.31 Å². The van der Waals surface area contributed by atoms with Crippen LogP contribution in [0.4, 0.5) is 11.4 Å². The zero-order valence-corrected chi connectivity index (χ0v) is 12.0. The van der Waals surface area contributed by atoms with Crippen LogP contribution < -0.4 is 10.6 Å². The summed E-state index contributed by atoms with van der Waals surface area (Å²) < 4.78 is 26.5. The quantitative estimate of drug-likeness (QED) is 0.860. The van der Waals surface area contributed by atoms with Gasteiger partial charge < -0.3 is 10.6 Å². The van der Waals surface area contributed by atoms with E-state index in [2.05, 4.69) is 10.6 Å². The molecule has 0 aliphatic carbocycles. The monoisotopic (exact) mass is 295 g/mol. The van der Waals surface area contributed by atoms with Gasteiger partial charge in [-0.05, 0) is 38.0 Å². The van der Waals surface area contributed by atoms with Crippen LogP contribution in [0.3, 0.4) is 0 Å². The Labute approximate surface area is 118 Å². The molecule has 2 N–H and O–H groups in total. The second-order valence-corrected chi connectivity index (χ2v) is 7.11. The van der Waals surface area contributed by atoms with Gasteiger partial charge in [-0.15, -0.1) is 0 Å². The molecule has 108 valence electrons. The molecular formula is C13H17N3O3S. The number of fused-ring (bicyclic) bond motifs is 1. The zero-order valence-electron chi connectivity index (χ0n) is 11.2. The first-order chi connectivity index (χ1) is 9.48. The number of sulfonamides is 1. The molecule has 1 aromatic rings. The van der Waals surface area contributed by atoms with E-state index in [0.29, 0.717) is 24.5 Å². The molecule has 1 amide bonds. The van der Waals surface area contributed by atoms with Crippen molar-refractivity contribution in [3.8, 4) is 0 Å². The number of amides is 1. The van der Waals surface area contributed by atoms with Crippen LogP contribution in [0.25, 0.3) is 0 Å². The van der Waals surface area contributed by atoms with E-state index in [9.17, 15) is 13.2 Å². The first-order valence-electron chi connectivity index (χ1n) is 6.70. The van der Waals surface area contributed by atoms with Gasteiger partial charge in [-0.2, -0.15) is 4.31 Å². The summed E-state index contributed by atoms with van der Waals surface area (Å²) in [6, 6.07) is 4.41. The lowest BCUT2D eigenvalue weighted by atomic mass is 10.1. The third-order valence-electron chi connectivity index (χ3n) is 3.72. The van der Waals surface area contributed by atoms with Gasteiger partial charge >= 0.3 is 0 Å². The number of carbonyl (C=O) groups is 1. The van der Waals surface area contributed by atoms with Crippen molar-refractivity contribution < 1.29 is 13.2 Å². The minimum absolute atomic E-state index is 0.118. The highest BCUT2D eigenvalue weighted by atomic mass is 32.2. The van der Waals surface area contributed by atoms with Gasteiger partial charge in [-0.25, -0.2) is 8.42 Å². The molecule has 2 heterocycles. The van der Waals surface area contributed by atoms with Gasteiger partial charge in [0.1, 0.15) is 6.04 Å². The highest BCUT2D eigenvalue weighted by Gasteiger charge is 2.29. The topological polar surface area (TPSA) is 78.5 Å². The summed E-state index contributed by atoms with van der Waals surface area (Å²) in [5.41, 5.74) is 1.27. The van der Waals surface area contributed by atoms with Crippen LogP contribution in [-0.4, -0.2) is 37.8 Å². The van der Waals surface area contributed by atoms with Crippen LogP contribution in [-0.2, 0) is 14.8 Å². The maximum Gasteiger partial charge on any atom is 0.246 e. The lowest BCUT2D eigenvalue weighted by Gasteiger charge is -2.25. The Bertz CT molecular complexity index is 651. The van der Waals surface area contributed by atoms with E-state index in [0.717, 1.165) is 12.8 Å². The minimum Gasteiger partial charge on any atom is -0.372 e. The number of carbonyl (C=O) groups excluding carboxylic acids is 1. The molecule has 2 aliphatic heterocycles. The smallest absolute Gasteiger partial charge is 0.246 e. The number of nitrogens with zero attached hydrogens (tertiary/aromatic N) is 1. The first-order valence-corrected chi connectivity index (χ1v) is 8.14. The fourth-order valence-electron chi connectivity index (χ4n) is 2.53. The van der Waals surface area contributed by atoms with E-state index < -0.39 is 10.0 Å².